The second-order valence-corrected chi connectivity index (χ2v) is 5.09. The van der Waals surface area contributed by atoms with Crippen LogP contribution in [0.4, 0.5) is 5.69 Å². The van der Waals surface area contributed by atoms with Crippen LogP contribution in [0.5, 0.6) is 0 Å². The molecule has 0 spiro atoms. The maximum absolute atomic E-state index is 11.8. The van der Waals surface area contributed by atoms with Crippen LogP contribution in [0, 0.1) is 12.8 Å². The Bertz CT molecular complexity index is 510. The van der Waals surface area contributed by atoms with Crippen LogP contribution in [-0.4, -0.2) is 32.1 Å². The van der Waals surface area contributed by atoms with Gasteiger partial charge in [-0.1, -0.05) is 6.07 Å². The lowest BCUT2D eigenvalue weighted by Crippen LogP contribution is -2.29. The van der Waals surface area contributed by atoms with Gasteiger partial charge in [0.25, 0.3) is 0 Å². The summed E-state index contributed by atoms with van der Waals surface area (Å²) < 4.78 is 4.71. The first-order valence-corrected chi connectivity index (χ1v) is 6.80. The molecule has 0 aliphatic heterocycles. The van der Waals surface area contributed by atoms with Crippen molar-refractivity contribution in [3.8, 4) is 0 Å². The molecule has 108 valence electrons. The average Bonchev–Trinajstić information content (AvgIpc) is 3.24. The minimum absolute atomic E-state index is 0.101. The van der Waals surface area contributed by atoms with Gasteiger partial charge in [-0.3, -0.25) is 4.79 Å². The van der Waals surface area contributed by atoms with Gasteiger partial charge < -0.3 is 15.4 Å². The van der Waals surface area contributed by atoms with Gasteiger partial charge in [-0.25, -0.2) is 4.79 Å². The number of methoxy groups -OCH3 is 1. The van der Waals surface area contributed by atoms with Gasteiger partial charge in [0.05, 0.1) is 19.2 Å². The fourth-order valence-electron chi connectivity index (χ4n) is 2.01. The van der Waals surface area contributed by atoms with Crippen molar-refractivity contribution in [2.45, 2.75) is 19.8 Å². The number of hydrogen-bond acceptors (Lipinski definition) is 4. The van der Waals surface area contributed by atoms with Crippen molar-refractivity contribution < 1.29 is 14.3 Å². The molecule has 1 aliphatic rings. The SMILES string of the molecule is COC(=O)c1cccc(NC(=O)CNCC2CC2)c1C. The Hall–Kier alpha value is -1.88. The van der Waals surface area contributed by atoms with Gasteiger partial charge in [-0.2, -0.15) is 0 Å². The van der Waals surface area contributed by atoms with E-state index >= 15 is 0 Å². The molecule has 20 heavy (non-hydrogen) atoms. The Labute approximate surface area is 118 Å². The molecule has 0 unspecified atom stereocenters. The lowest BCUT2D eigenvalue weighted by atomic mass is 10.1. The number of esters is 1. The van der Waals surface area contributed by atoms with E-state index in [0.717, 1.165) is 18.0 Å². The predicted molar refractivity (Wildman–Crippen MR) is 76.7 cm³/mol. The molecule has 1 saturated carbocycles. The Morgan fingerprint density at radius 1 is 1.35 bits per heavy atom. The second-order valence-electron chi connectivity index (χ2n) is 5.09. The zero-order valence-electron chi connectivity index (χ0n) is 11.9. The molecule has 1 amide bonds. The molecule has 2 N–H and O–H groups in total. The third-order valence-corrected chi connectivity index (χ3v) is 3.43. The number of rotatable bonds is 6. The van der Waals surface area contributed by atoms with E-state index in [1.807, 2.05) is 0 Å². The summed E-state index contributed by atoms with van der Waals surface area (Å²) in [7, 11) is 1.34. The van der Waals surface area contributed by atoms with Crippen molar-refractivity contribution >= 4 is 17.6 Å². The molecule has 0 radical (unpaired) electrons. The molecular formula is C15H20N2O3. The highest BCUT2D eigenvalue weighted by molar-refractivity contribution is 5.97. The molecule has 0 saturated heterocycles. The monoisotopic (exact) mass is 276 g/mol. The Balaban J connectivity index is 1.93. The van der Waals surface area contributed by atoms with Crippen molar-refractivity contribution in [3.63, 3.8) is 0 Å². The number of benzene rings is 1. The minimum Gasteiger partial charge on any atom is -0.465 e. The smallest absolute Gasteiger partial charge is 0.338 e. The first kappa shape index (κ1) is 14.5. The van der Waals surface area contributed by atoms with Crippen molar-refractivity contribution in [3.05, 3.63) is 29.3 Å². The summed E-state index contributed by atoms with van der Waals surface area (Å²) in [5.41, 5.74) is 1.83. The van der Waals surface area contributed by atoms with E-state index < -0.39 is 5.97 Å². The van der Waals surface area contributed by atoms with Gasteiger partial charge in [-0.15, -0.1) is 0 Å². The van der Waals surface area contributed by atoms with Crippen LogP contribution >= 0.6 is 0 Å². The van der Waals surface area contributed by atoms with E-state index in [1.54, 1.807) is 25.1 Å². The summed E-state index contributed by atoms with van der Waals surface area (Å²) >= 11 is 0. The predicted octanol–water partition coefficient (Wildman–Crippen LogP) is 1.72. The second kappa shape index (κ2) is 6.52. The van der Waals surface area contributed by atoms with E-state index in [0.29, 0.717) is 17.8 Å². The van der Waals surface area contributed by atoms with Crippen LogP contribution < -0.4 is 10.6 Å². The van der Waals surface area contributed by atoms with Gasteiger partial charge in [0.15, 0.2) is 0 Å². The number of amides is 1. The fraction of sp³-hybridized carbons (Fsp3) is 0.467. The average molecular weight is 276 g/mol. The molecule has 0 atom stereocenters. The van der Waals surface area contributed by atoms with E-state index in [4.69, 9.17) is 4.74 Å². The Morgan fingerprint density at radius 3 is 2.75 bits per heavy atom. The lowest BCUT2D eigenvalue weighted by molar-refractivity contribution is -0.115. The largest absolute Gasteiger partial charge is 0.465 e. The molecule has 0 bridgehead atoms. The normalized spacial score (nSPS) is 13.9. The molecule has 0 aromatic heterocycles. The number of carbonyl (C=O) groups is 2. The zero-order valence-corrected chi connectivity index (χ0v) is 11.9. The molecule has 1 aromatic carbocycles. The third kappa shape index (κ3) is 3.81. The molecular weight excluding hydrogens is 256 g/mol. The first-order valence-electron chi connectivity index (χ1n) is 6.80. The summed E-state index contributed by atoms with van der Waals surface area (Å²) in [6.07, 6.45) is 2.52. The van der Waals surface area contributed by atoms with E-state index in [-0.39, 0.29) is 5.91 Å². The number of carbonyl (C=O) groups excluding carboxylic acids is 2. The molecule has 1 aliphatic carbocycles. The van der Waals surface area contributed by atoms with Crippen LogP contribution in [0.15, 0.2) is 18.2 Å². The molecule has 1 aromatic rings. The number of anilines is 1. The Kier molecular flexibility index (Phi) is 4.74. The third-order valence-electron chi connectivity index (χ3n) is 3.43. The summed E-state index contributed by atoms with van der Waals surface area (Å²) in [5, 5.41) is 5.95. The highest BCUT2D eigenvalue weighted by Crippen LogP contribution is 2.27. The van der Waals surface area contributed by atoms with Gasteiger partial charge in [0.1, 0.15) is 0 Å². The van der Waals surface area contributed by atoms with Crippen molar-refractivity contribution in [1.82, 2.24) is 5.32 Å². The summed E-state index contributed by atoms with van der Waals surface area (Å²) in [6, 6.07) is 5.19. The van der Waals surface area contributed by atoms with Crippen LogP contribution in [-0.2, 0) is 9.53 Å². The summed E-state index contributed by atoms with van der Waals surface area (Å²) in [4.78, 5) is 23.4. The summed E-state index contributed by atoms with van der Waals surface area (Å²) in [6.45, 7) is 2.98. The highest BCUT2D eigenvalue weighted by Gasteiger charge is 2.20. The van der Waals surface area contributed by atoms with Gasteiger partial charge in [-0.05, 0) is 49.9 Å². The van der Waals surface area contributed by atoms with Crippen molar-refractivity contribution in [1.29, 1.82) is 0 Å². The van der Waals surface area contributed by atoms with Crippen molar-refractivity contribution in [2.24, 2.45) is 5.92 Å². The van der Waals surface area contributed by atoms with Gasteiger partial charge in [0, 0.05) is 5.69 Å². The Morgan fingerprint density at radius 2 is 2.10 bits per heavy atom. The van der Waals surface area contributed by atoms with Gasteiger partial charge >= 0.3 is 5.97 Å². The van der Waals surface area contributed by atoms with E-state index in [9.17, 15) is 9.59 Å². The molecule has 0 heterocycles. The minimum atomic E-state index is -0.398. The topological polar surface area (TPSA) is 67.4 Å². The number of nitrogens with one attached hydrogen (secondary N) is 2. The maximum atomic E-state index is 11.8. The quantitative estimate of drug-likeness (QED) is 0.776. The van der Waals surface area contributed by atoms with Crippen LogP contribution in [0.2, 0.25) is 0 Å². The van der Waals surface area contributed by atoms with Crippen LogP contribution in [0.1, 0.15) is 28.8 Å². The number of hydrogen-bond donors (Lipinski definition) is 2. The fourth-order valence-corrected chi connectivity index (χ4v) is 2.01. The molecule has 5 heteroatoms. The van der Waals surface area contributed by atoms with E-state index in [1.165, 1.54) is 20.0 Å². The molecule has 2 rings (SSSR count). The standard InChI is InChI=1S/C15H20N2O3/c1-10-12(15(19)20-2)4-3-5-13(10)17-14(18)9-16-8-11-6-7-11/h3-5,11,16H,6-9H2,1-2H3,(H,17,18). The first-order chi connectivity index (χ1) is 9.61. The zero-order chi connectivity index (χ0) is 14.5. The van der Waals surface area contributed by atoms with E-state index in [2.05, 4.69) is 10.6 Å². The number of ether oxygens (including phenoxy) is 1. The highest BCUT2D eigenvalue weighted by atomic mass is 16.5. The summed E-state index contributed by atoms with van der Waals surface area (Å²) in [5.74, 6) is 0.244. The molecule has 1 fully saturated rings. The van der Waals surface area contributed by atoms with Crippen molar-refractivity contribution in [2.75, 3.05) is 25.5 Å². The van der Waals surface area contributed by atoms with Crippen LogP contribution in [0.3, 0.4) is 0 Å². The lowest BCUT2D eigenvalue weighted by Gasteiger charge is -2.11. The molecule has 5 nitrogen and oxygen atoms in total. The van der Waals surface area contributed by atoms with Crippen LogP contribution in [0.25, 0.3) is 0 Å². The van der Waals surface area contributed by atoms with Gasteiger partial charge in [0.2, 0.25) is 5.91 Å². The maximum Gasteiger partial charge on any atom is 0.338 e.